The molecule has 0 N–H and O–H groups in total. The molecule has 1 atom stereocenters. The van der Waals surface area contributed by atoms with E-state index in [2.05, 4.69) is 41.3 Å². The number of carbonyl (C=O) groups is 1. The van der Waals surface area contributed by atoms with Crippen LogP contribution in [0, 0.1) is 0 Å². The maximum absolute atomic E-state index is 14.9. The van der Waals surface area contributed by atoms with E-state index in [1.165, 1.54) is 0 Å². The summed E-state index contributed by atoms with van der Waals surface area (Å²) in [5.74, 6) is -0.00763. The highest BCUT2D eigenvalue weighted by atomic mass is 31.2. The van der Waals surface area contributed by atoms with Crippen LogP contribution in [-0.2, 0) is 28.9 Å². The second-order valence-electron chi connectivity index (χ2n) is 10.1. The van der Waals surface area contributed by atoms with E-state index in [4.69, 9.17) is 0 Å². The Morgan fingerprint density at radius 2 is 0.875 bits per heavy atom. The minimum atomic E-state index is -3.22. The van der Waals surface area contributed by atoms with Crippen LogP contribution in [0.3, 0.4) is 0 Å². The molecule has 4 heteroatoms. The summed E-state index contributed by atoms with van der Waals surface area (Å²) in [5.41, 5.74) is 3.36. The third-order valence-corrected chi connectivity index (χ3v) is 10.3. The molecule has 5 aromatic rings. The molecule has 0 fully saturated rings. The molecule has 0 aliphatic carbocycles. The first kappa shape index (κ1) is 27.5. The van der Waals surface area contributed by atoms with Crippen molar-refractivity contribution in [1.82, 2.24) is 4.90 Å². The Labute approximate surface area is 237 Å². The largest absolute Gasteiger partial charge is 0.313 e. The van der Waals surface area contributed by atoms with Gasteiger partial charge in [-0.15, -0.1) is 0 Å². The predicted octanol–water partition coefficient (Wildman–Crippen LogP) is 6.88. The van der Waals surface area contributed by atoms with Gasteiger partial charge in [-0.3, -0.25) is 9.69 Å². The van der Waals surface area contributed by atoms with Crippen molar-refractivity contribution in [3.63, 3.8) is 0 Å². The van der Waals surface area contributed by atoms with E-state index in [1.807, 2.05) is 115 Å². The fourth-order valence-corrected chi connectivity index (χ4v) is 7.81. The van der Waals surface area contributed by atoms with Gasteiger partial charge >= 0.3 is 0 Å². The van der Waals surface area contributed by atoms with Gasteiger partial charge < -0.3 is 4.57 Å². The van der Waals surface area contributed by atoms with E-state index in [9.17, 15) is 9.36 Å². The number of Topliss-reactive ketones (excluding diaryl/α,β-unsaturated/α-hetero) is 1. The van der Waals surface area contributed by atoms with E-state index in [0.29, 0.717) is 30.1 Å². The minimum Gasteiger partial charge on any atom is -0.313 e. The first-order chi connectivity index (χ1) is 19.6. The van der Waals surface area contributed by atoms with Crippen LogP contribution < -0.4 is 10.6 Å². The second kappa shape index (κ2) is 13.3. The van der Waals surface area contributed by atoms with E-state index in [1.54, 1.807) is 0 Å². The molecule has 0 spiro atoms. The van der Waals surface area contributed by atoms with Crippen molar-refractivity contribution < 1.29 is 9.36 Å². The second-order valence-corrected chi connectivity index (χ2v) is 12.9. The highest BCUT2D eigenvalue weighted by Gasteiger charge is 2.35. The smallest absolute Gasteiger partial charge is 0.158 e. The van der Waals surface area contributed by atoms with Crippen LogP contribution in [0.15, 0.2) is 152 Å². The average molecular weight is 544 g/mol. The van der Waals surface area contributed by atoms with E-state index in [-0.39, 0.29) is 11.9 Å². The molecule has 5 rings (SSSR count). The molecular formula is C36H34NO2P. The summed E-state index contributed by atoms with van der Waals surface area (Å²) in [6.07, 6.45) is 0.515. The van der Waals surface area contributed by atoms with E-state index in [0.717, 1.165) is 16.7 Å². The van der Waals surface area contributed by atoms with Crippen molar-refractivity contribution in [2.45, 2.75) is 25.6 Å². The van der Waals surface area contributed by atoms with Crippen molar-refractivity contribution in [2.75, 3.05) is 6.16 Å². The van der Waals surface area contributed by atoms with Crippen LogP contribution in [0.25, 0.3) is 0 Å². The molecule has 0 aromatic heterocycles. The van der Waals surface area contributed by atoms with Gasteiger partial charge in [-0.25, -0.2) is 0 Å². The number of nitrogens with zero attached hydrogens (tertiary/aromatic N) is 1. The standard InChI is InChI=1S/C36H34NO2P/c38-36(29-40(39,33-22-12-4-13-23-33)34-24-14-5-15-25-34)35(26-30-16-6-1-7-17-30)37(27-31-18-8-2-9-19-31)28-32-20-10-3-11-21-32/h1-25,35H,26-29H2/t35-/m1/s1. The maximum atomic E-state index is 14.9. The maximum Gasteiger partial charge on any atom is 0.158 e. The van der Waals surface area contributed by atoms with Crippen molar-refractivity contribution >= 4 is 23.5 Å². The summed E-state index contributed by atoms with van der Waals surface area (Å²) in [6.45, 7) is 1.22. The number of hydrogen-bond acceptors (Lipinski definition) is 3. The van der Waals surface area contributed by atoms with Gasteiger partial charge in [0, 0.05) is 23.7 Å². The SMILES string of the molecule is O=C(CP(=O)(c1ccccc1)c1ccccc1)[C@@H](Cc1ccccc1)N(Cc1ccccc1)Cc1ccccc1. The third kappa shape index (κ3) is 6.93. The summed E-state index contributed by atoms with van der Waals surface area (Å²) in [7, 11) is -3.22. The third-order valence-electron chi connectivity index (χ3n) is 7.27. The summed E-state index contributed by atoms with van der Waals surface area (Å²) >= 11 is 0. The average Bonchev–Trinajstić information content (AvgIpc) is 3.02. The lowest BCUT2D eigenvalue weighted by atomic mass is 9.99. The summed E-state index contributed by atoms with van der Waals surface area (Å²) in [4.78, 5) is 16.8. The van der Waals surface area contributed by atoms with Crippen LogP contribution in [0.2, 0.25) is 0 Å². The highest BCUT2D eigenvalue weighted by molar-refractivity contribution is 7.79. The molecule has 0 aliphatic rings. The molecule has 0 aliphatic heterocycles. The zero-order valence-corrected chi connectivity index (χ0v) is 23.4. The molecule has 0 saturated carbocycles. The van der Waals surface area contributed by atoms with Gasteiger partial charge in [0.2, 0.25) is 0 Å². The fraction of sp³-hybridized carbons (Fsp3) is 0.139. The van der Waals surface area contributed by atoms with Crippen LogP contribution >= 0.6 is 7.14 Å². The molecule has 0 saturated heterocycles. The molecule has 0 amide bonds. The molecule has 0 radical (unpaired) electrons. The van der Waals surface area contributed by atoms with E-state index < -0.39 is 13.2 Å². The normalized spacial score (nSPS) is 12.2. The Morgan fingerprint density at radius 1 is 0.525 bits per heavy atom. The van der Waals surface area contributed by atoms with Gasteiger partial charge in [0.1, 0.15) is 7.14 Å². The summed E-state index contributed by atoms with van der Waals surface area (Å²) in [5, 5.41) is 1.43. The Kier molecular flexibility index (Phi) is 9.18. The molecule has 0 heterocycles. The first-order valence-corrected chi connectivity index (χ1v) is 15.6. The van der Waals surface area contributed by atoms with Gasteiger partial charge in [-0.05, 0) is 23.1 Å². The number of ketones is 1. The Bertz CT molecular complexity index is 1440. The van der Waals surface area contributed by atoms with Gasteiger partial charge in [-0.1, -0.05) is 152 Å². The zero-order chi connectivity index (χ0) is 27.6. The lowest BCUT2D eigenvalue weighted by molar-refractivity contribution is -0.122. The fourth-order valence-electron chi connectivity index (χ4n) is 5.19. The Balaban J connectivity index is 1.55. The van der Waals surface area contributed by atoms with Gasteiger partial charge in [-0.2, -0.15) is 0 Å². The number of carbonyl (C=O) groups excluding carboxylic acids is 1. The topological polar surface area (TPSA) is 37.4 Å². The zero-order valence-electron chi connectivity index (χ0n) is 22.6. The number of benzene rings is 5. The number of hydrogen-bond donors (Lipinski definition) is 0. The number of rotatable bonds is 12. The summed E-state index contributed by atoms with van der Waals surface area (Å²) in [6, 6.07) is 49.2. The molecular weight excluding hydrogens is 509 g/mol. The van der Waals surface area contributed by atoms with Gasteiger partial charge in [0.15, 0.2) is 5.78 Å². The molecule has 0 unspecified atom stereocenters. The predicted molar refractivity (Wildman–Crippen MR) is 166 cm³/mol. The van der Waals surface area contributed by atoms with Crippen molar-refractivity contribution in [3.05, 3.63) is 168 Å². The minimum absolute atomic E-state index is 0.00763. The van der Waals surface area contributed by atoms with Crippen LogP contribution in [-0.4, -0.2) is 22.9 Å². The molecule has 40 heavy (non-hydrogen) atoms. The van der Waals surface area contributed by atoms with Crippen LogP contribution in [0.4, 0.5) is 0 Å². The molecule has 200 valence electrons. The van der Waals surface area contributed by atoms with E-state index >= 15 is 0 Å². The molecule has 0 bridgehead atoms. The molecule has 5 aromatic carbocycles. The Hall–Kier alpha value is -4.04. The van der Waals surface area contributed by atoms with Crippen molar-refractivity contribution in [3.8, 4) is 0 Å². The highest BCUT2D eigenvalue weighted by Crippen LogP contribution is 2.43. The van der Waals surface area contributed by atoms with Crippen molar-refractivity contribution in [2.24, 2.45) is 0 Å². The quantitative estimate of drug-likeness (QED) is 0.161. The van der Waals surface area contributed by atoms with Crippen LogP contribution in [0.1, 0.15) is 16.7 Å². The lowest BCUT2D eigenvalue weighted by Gasteiger charge is -2.32. The lowest BCUT2D eigenvalue weighted by Crippen LogP contribution is -2.44. The molecule has 3 nitrogen and oxygen atoms in total. The van der Waals surface area contributed by atoms with Gasteiger partial charge in [0.25, 0.3) is 0 Å². The van der Waals surface area contributed by atoms with Crippen LogP contribution in [0.5, 0.6) is 0 Å². The first-order valence-electron chi connectivity index (χ1n) is 13.7. The summed E-state index contributed by atoms with van der Waals surface area (Å²) < 4.78 is 14.9. The monoisotopic (exact) mass is 543 g/mol. The Morgan fingerprint density at radius 3 is 1.27 bits per heavy atom. The van der Waals surface area contributed by atoms with Gasteiger partial charge in [0.05, 0.1) is 12.2 Å². The van der Waals surface area contributed by atoms with Crippen molar-refractivity contribution in [1.29, 1.82) is 0 Å².